The van der Waals surface area contributed by atoms with Gasteiger partial charge in [0.25, 0.3) is 0 Å². The van der Waals surface area contributed by atoms with Crippen LogP contribution in [0.2, 0.25) is 0 Å². The van der Waals surface area contributed by atoms with Gasteiger partial charge in [-0.05, 0) is 110 Å². The maximum absolute atomic E-state index is 5.48. The summed E-state index contributed by atoms with van der Waals surface area (Å²) >= 11 is 0. The van der Waals surface area contributed by atoms with Gasteiger partial charge in [-0.15, -0.1) is 0 Å². The Balaban J connectivity index is 4.30. The van der Waals surface area contributed by atoms with Crippen LogP contribution >= 0.6 is 0 Å². The van der Waals surface area contributed by atoms with Crippen molar-refractivity contribution in [3.63, 3.8) is 0 Å². The van der Waals surface area contributed by atoms with E-state index >= 15 is 0 Å². The van der Waals surface area contributed by atoms with Crippen molar-refractivity contribution in [1.82, 2.24) is 0 Å². The second kappa shape index (κ2) is 24.1. The van der Waals surface area contributed by atoms with Crippen LogP contribution in [0, 0.1) is 23.7 Å². The van der Waals surface area contributed by atoms with Crippen LogP contribution in [0.4, 0.5) is 0 Å². The zero-order chi connectivity index (χ0) is 31.8. The minimum Gasteiger partial charge on any atom is -0.378 e. The maximum atomic E-state index is 5.48. The summed E-state index contributed by atoms with van der Waals surface area (Å²) in [6.45, 7) is 22.1. The first-order chi connectivity index (χ1) is 19.8. The first-order valence-electron chi connectivity index (χ1n) is 16.4. The van der Waals surface area contributed by atoms with Gasteiger partial charge >= 0.3 is 0 Å². The normalized spacial score (nSPS) is 17.0. The molecule has 0 aromatic heterocycles. The fourth-order valence-corrected chi connectivity index (χ4v) is 4.14. The Morgan fingerprint density at radius 3 is 2.00 bits per heavy atom. The second-order valence-corrected chi connectivity index (χ2v) is 13.3. The summed E-state index contributed by atoms with van der Waals surface area (Å²) in [7, 11) is 1.78. The number of ether oxygens (including phenoxy) is 1. The molecule has 0 spiro atoms. The largest absolute Gasteiger partial charge is 0.378 e. The van der Waals surface area contributed by atoms with Crippen LogP contribution in [-0.4, -0.2) is 12.7 Å². The predicted molar refractivity (Wildman–Crippen MR) is 192 cm³/mol. The lowest BCUT2D eigenvalue weighted by Crippen LogP contribution is -2.20. The summed E-state index contributed by atoms with van der Waals surface area (Å²) in [4.78, 5) is 0. The molecule has 1 nitrogen and oxygen atoms in total. The molecule has 236 valence electrons. The molecule has 4 atom stereocenters. The Kier molecular flexibility index (Phi) is 22.7. The highest BCUT2D eigenvalue weighted by Gasteiger charge is 2.13. The zero-order valence-electron chi connectivity index (χ0n) is 29.3. The van der Waals surface area contributed by atoms with Gasteiger partial charge in [0.1, 0.15) is 0 Å². The minimum atomic E-state index is -0.0833. The van der Waals surface area contributed by atoms with E-state index in [1.165, 1.54) is 16.7 Å². The first-order valence-corrected chi connectivity index (χ1v) is 16.4. The quantitative estimate of drug-likeness (QED) is 0.0978. The van der Waals surface area contributed by atoms with Crippen LogP contribution in [0.15, 0.2) is 108 Å². The lowest BCUT2D eigenvalue weighted by Gasteiger charge is -2.20. The highest BCUT2D eigenvalue weighted by atomic mass is 16.5. The summed E-state index contributed by atoms with van der Waals surface area (Å²) in [6, 6.07) is 0. The van der Waals surface area contributed by atoms with E-state index in [4.69, 9.17) is 4.74 Å². The fourth-order valence-electron chi connectivity index (χ4n) is 4.14. The van der Waals surface area contributed by atoms with E-state index in [0.29, 0.717) is 23.7 Å². The second-order valence-electron chi connectivity index (χ2n) is 13.3. The topological polar surface area (TPSA) is 9.23 Å². The zero-order valence-corrected chi connectivity index (χ0v) is 29.3. The van der Waals surface area contributed by atoms with E-state index in [9.17, 15) is 0 Å². The smallest absolute Gasteiger partial charge is 0.0657 e. The van der Waals surface area contributed by atoms with Crippen LogP contribution in [0.5, 0.6) is 0 Å². The third-order valence-corrected chi connectivity index (χ3v) is 7.39. The molecule has 0 aliphatic rings. The molecule has 0 aromatic carbocycles. The standard InChI is InChI=1S/C41H66O/c1-34(2)20-14-23-37(5)26-17-29-38(6)27-15-24-35(3)21-12-13-22-36(4)25-16-28-39(7)30-18-31-40(8)32-19-33-41(9,10)42-11/h12-13,15-20,25-30,32,35-36,38,40H,14,21-24,31,33H2,1-11H3/b13-12+,25-16+,27-15+,29-17+,30-18+,32-19+,37-26+,39-28+. The summed E-state index contributed by atoms with van der Waals surface area (Å²) in [5.74, 6) is 2.22. The lowest BCUT2D eigenvalue weighted by atomic mass is 10.0. The molecule has 0 amide bonds. The van der Waals surface area contributed by atoms with Gasteiger partial charge in [0.2, 0.25) is 0 Å². The molecule has 0 aromatic rings. The van der Waals surface area contributed by atoms with Gasteiger partial charge in [-0.2, -0.15) is 0 Å². The van der Waals surface area contributed by atoms with E-state index in [2.05, 4.69) is 160 Å². The number of allylic oxidation sites excluding steroid dienone is 17. The van der Waals surface area contributed by atoms with Gasteiger partial charge in [0.15, 0.2) is 0 Å². The van der Waals surface area contributed by atoms with Gasteiger partial charge in [0.05, 0.1) is 5.60 Å². The van der Waals surface area contributed by atoms with Crippen LogP contribution in [0.1, 0.15) is 114 Å². The van der Waals surface area contributed by atoms with Crippen molar-refractivity contribution >= 4 is 0 Å². The number of rotatable bonds is 21. The van der Waals surface area contributed by atoms with Gasteiger partial charge in [-0.1, -0.05) is 136 Å². The van der Waals surface area contributed by atoms with Crippen LogP contribution < -0.4 is 0 Å². The molecule has 1 heteroatoms. The lowest BCUT2D eigenvalue weighted by molar-refractivity contribution is 0.0254. The Morgan fingerprint density at radius 1 is 0.690 bits per heavy atom. The predicted octanol–water partition coefficient (Wildman–Crippen LogP) is 12.9. The van der Waals surface area contributed by atoms with Crippen molar-refractivity contribution in [3.05, 3.63) is 108 Å². The molecule has 0 fully saturated rings. The Bertz CT molecular complexity index is 968. The van der Waals surface area contributed by atoms with E-state index in [1.807, 2.05) is 0 Å². The van der Waals surface area contributed by atoms with E-state index in [0.717, 1.165) is 44.9 Å². The van der Waals surface area contributed by atoms with Crippen molar-refractivity contribution < 1.29 is 4.74 Å². The number of hydrogen-bond acceptors (Lipinski definition) is 1. The molecule has 0 N–H and O–H groups in total. The molecule has 0 saturated heterocycles. The van der Waals surface area contributed by atoms with E-state index in [-0.39, 0.29) is 5.60 Å². The molecular formula is C41H66O. The third kappa shape index (κ3) is 25.3. The first kappa shape index (κ1) is 39.6. The molecule has 0 aliphatic heterocycles. The molecule has 0 bridgehead atoms. The van der Waals surface area contributed by atoms with Gasteiger partial charge in [-0.3, -0.25) is 0 Å². The summed E-state index contributed by atoms with van der Waals surface area (Å²) in [6.07, 6.45) is 41.9. The molecule has 0 rings (SSSR count). The monoisotopic (exact) mass is 575 g/mol. The minimum absolute atomic E-state index is 0.0833. The molecule has 0 saturated carbocycles. The van der Waals surface area contributed by atoms with Crippen molar-refractivity contribution in [3.8, 4) is 0 Å². The van der Waals surface area contributed by atoms with Crippen LogP contribution in [0.3, 0.4) is 0 Å². The average molecular weight is 575 g/mol. The number of hydrogen-bond donors (Lipinski definition) is 0. The van der Waals surface area contributed by atoms with Crippen molar-refractivity contribution in [2.24, 2.45) is 23.7 Å². The van der Waals surface area contributed by atoms with Gasteiger partial charge < -0.3 is 4.74 Å². The van der Waals surface area contributed by atoms with Crippen LogP contribution in [0.25, 0.3) is 0 Å². The Morgan fingerprint density at radius 2 is 1.31 bits per heavy atom. The van der Waals surface area contributed by atoms with Gasteiger partial charge in [0, 0.05) is 7.11 Å². The number of methoxy groups -OCH3 is 1. The summed E-state index contributed by atoms with van der Waals surface area (Å²) in [5.41, 5.74) is 4.05. The van der Waals surface area contributed by atoms with Crippen molar-refractivity contribution in [2.45, 2.75) is 120 Å². The van der Waals surface area contributed by atoms with E-state index in [1.54, 1.807) is 7.11 Å². The summed E-state index contributed by atoms with van der Waals surface area (Å²) in [5, 5.41) is 0. The molecule has 42 heavy (non-hydrogen) atoms. The highest BCUT2D eigenvalue weighted by molar-refractivity contribution is 5.22. The molecule has 0 aliphatic carbocycles. The van der Waals surface area contributed by atoms with E-state index < -0.39 is 0 Å². The molecular weight excluding hydrogens is 508 g/mol. The Hall–Kier alpha value is -2.38. The Labute approximate surface area is 262 Å². The van der Waals surface area contributed by atoms with Crippen molar-refractivity contribution in [2.75, 3.05) is 7.11 Å². The van der Waals surface area contributed by atoms with Gasteiger partial charge in [-0.25, -0.2) is 0 Å². The van der Waals surface area contributed by atoms with Crippen LogP contribution in [-0.2, 0) is 4.74 Å². The third-order valence-electron chi connectivity index (χ3n) is 7.39. The fraction of sp³-hybridized carbons (Fsp3) is 0.561. The SMILES string of the molecule is COC(C)(C)C/C=C/C(C)C/C=C/C(C)=C/C=C/C(C)C/C=C/CC(C)C/C=C/C(C)/C=C/C=C(\C)CCC=C(C)C. The van der Waals surface area contributed by atoms with Crippen molar-refractivity contribution in [1.29, 1.82) is 0 Å². The summed E-state index contributed by atoms with van der Waals surface area (Å²) < 4.78 is 5.48. The highest BCUT2D eigenvalue weighted by Crippen LogP contribution is 2.16. The molecule has 0 heterocycles. The average Bonchev–Trinajstić information content (AvgIpc) is 2.91. The maximum Gasteiger partial charge on any atom is 0.0657 e. The molecule has 0 radical (unpaired) electrons. The molecule has 4 unspecified atom stereocenters.